The maximum atomic E-state index is 12.6. The average molecular weight is 209 g/mol. The summed E-state index contributed by atoms with van der Waals surface area (Å²) in [6.07, 6.45) is -0.987. The molecule has 0 aliphatic rings. The molecule has 6 heteroatoms. The number of rotatable bonds is 2. The van der Waals surface area contributed by atoms with Gasteiger partial charge in [-0.1, -0.05) is 11.5 Å². The number of aromatic nitrogens is 2. The van der Waals surface area contributed by atoms with E-state index in [1.807, 2.05) is 7.85 Å². The molecular weight excluding hydrogens is 199 g/mol. The molecule has 15 heavy (non-hydrogen) atoms. The van der Waals surface area contributed by atoms with Gasteiger partial charge in [-0.15, -0.1) is 0 Å². The summed E-state index contributed by atoms with van der Waals surface area (Å²) in [4.78, 5) is 3.84. The highest BCUT2D eigenvalue weighted by atomic mass is 19.3. The van der Waals surface area contributed by atoms with E-state index in [4.69, 9.17) is 5.73 Å². The van der Waals surface area contributed by atoms with Crippen molar-refractivity contribution < 1.29 is 8.78 Å². The summed E-state index contributed by atoms with van der Waals surface area (Å²) in [5.74, 6) is -0.245. The van der Waals surface area contributed by atoms with Crippen LogP contribution < -0.4 is 11.2 Å². The third kappa shape index (κ3) is 1.61. The molecule has 2 aromatic rings. The molecule has 0 radical (unpaired) electrons. The van der Waals surface area contributed by atoms with Gasteiger partial charge in [-0.3, -0.25) is 4.40 Å². The lowest BCUT2D eigenvalue weighted by atomic mass is 9.97. The summed E-state index contributed by atoms with van der Waals surface area (Å²) in [5.41, 5.74) is 7.63. The fourth-order valence-corrected chi connectivity index (χ4v) is 1.58. The van der Waals surface area contributed by atoms with E-state index in [9.17, 15) is 8.78 Å². The van der Waals surface area contributed by atoms with Crippen LogP contribution in [-0.2, 0) is 6.54 Å². The first kappa shape index (κ1) is 10.1. The molecule has 78 valence electrons. The van der Waals surface area contributed by atoms with Crippen LogP contribution in [0.15, 0.2) is 18.3 Å². The smallest absolute Gasteiger partial charge is 0.295 e. The van der Waals surface area contributed by atoms with E-state index >= 15 is 0 Å². The van der Waals surface area contributed by atoms with Crippen LogP contribution >= 0.6 is 0 Å². The minimum Gasteiger partial charge on any atom is -0.325 e. The van der Waals surface area contributed by atoms with Crippen LogP contribution in [0.2, 0.25) is 0 Å². The lowest BCUT2D eigenvalue weighted by molar-refractivity contribution is 0.139. The molecule has 3 nitrogen and oxygen atoms in total. The van der Waals surface area contributed by atoms with Gasteiger partial charge < -0.3 is 5.73 Å². The number of hydrogen-bond donors (Lipinski definition) is 1. The van der Waals surface area contributed by atoms with Crippen molar-refractivity contribution in [1.82, 2.24) is 9.38 Å². The highest BCUT2D eigenvalue weighted by Crippen LogP contribution is 2.21. The molecule has 2 heterocycles. The standard InChI is InChI=1S/C9H10BF2N3/c10-5-1-2-15-7(3-5)6(4-13)14-9(15)8(11)12/h1-3,8H,4,10,13H2. The predicted molar refractivity (Wildman–Crippen MR) is 56.2 cm³/mol. The molecule has 0 spiro atoms. The van der Waals surface area contributed by atoms with Gasteiger partial charge >= 0.3 is 0 Å². The van der Waals surface area contributed by atoms with E-state index in [0.717, 1.165) is 5.46 Å². The molecule has 0 unspecified atom stereocenters. The molecule has 0 aliphatic heterocycles. The fraction of sp³-hybridized carbons (Fsp3) is 0.222. The van der Waals surface area contributed by atoms with Crippen LogP contribution in [0.1, 0.15) is 17.9 Å². The van der Waals surface area contributed by atoms with Crippen molar-refractivity contribution in [2.75, 3.05) is 0 Å². The molecule has 0 atom stereocenters. The first-order chi connectivity index (χ1) is 7.13. The van der Waals surface area contributed by atoms with Gasteiger partial charge in [0.15, 0.2) is 5.82 Å². The Morgan fingerprint density at radius 1 is 1.53 bits per heavy atom. The summed E-state index contributed by atoms with van der Waals surface area (Å²) in [6.45, 7) is 0.166. The second kappa shape index (κ2) is 3.62. The Kier molecular flexibility index (Phi) is 2.44. The molecule has 0 amide bonds. The van der Waals surface area contributed by atoms with Crippen molar-refractivity contribution >= 4 is 18.8 Å². The second-order valence-corrected chi connectivity index (χ2v) is 3.38. The van der Waals surface area contributed by atoms with Gasteiger partial charge in [-0.2, -0.15) is 0 Å². The highest BCUT2D eigenvalue weighted by Gasteiger charge is 2.17. The Labute approximate surface area is 86.3 Å². The van der Waals surface area contributed by atoms with Crippen molar-refractivity contribution in [1.29, 1.82) is 0 Å². The summed E-state index contributed by atoms with van der Waals surface area (Å²) < 4.78 is 26.6. The van der Waals surface area contributed by atoms with Crippen LogP contribution in [0, 0.1) is 0 Å². The monoisotopic (exact) mass is 209 g/mol. The topological polar surface area (TPSA) is 43.3 Å². The van der Waals surface area contributed by atoms with Gasteiger partial charge in [0, 0.05) is 12.7 Å². The summed E-state index contributed by atoms with van der Waals surface area (Å²) in [7, 11) is 1.90. The zero-order valence-corrected chi connectivity index (χ0v) is 8.24. The first-order valence-electron chi connectivity index (χ1n) is 4.59. The van der Waals surface area contributed by atoms with Crippen molar-refractivity contribution in [3.05, 3.63) is 29.8 Å². The fourth-order valence-electron chi connectivity index (χ4n) is 1.58. The van der Waals surface area contributed by atoms with Crippen molar-refractivity contribution in [3.8, 4) is 0 Å². The SMILES string of the molecule is Bc1ccn2c(C(F)F)nc(CN)c2c1. The normalized spacial score (nSPS) is 11.5. The Morgan fingerprint density at radius 3 is 2.87 bits per heavy atom. The number of pyridine rings is 1. The van der Waals surface area contributed by atoms with Crippen molar-refractivity contribution in [2.45, 2.75) is 13.0 Å². The maximum Gasteiger partial charge on any atom is 0.295 e. The molecule has 0 fully saturated rings. The average Bonchev–Trinajstić information content (AvgIpc) is 2.55. The van der Waals surface area contributed by atoms with E-state index in [1.165, 1.54) is 4.40 Å². The van der Waals surface area contributed by atoms with Crippen molar-refractivity contribution in [3.63, 3.8) is 0 Å². The van der Waals surface area contributed by atoms with Gasteiger partial charge in [0.25, 0.3) is 6.43 Å². The Morgan fingerprint density at radius 2 is 2.27 bits per heavy atom. The molecule has 0 aliphatic carbocycles. The van der Waals surface area contributed by atoms with Crippen LogP contribution in [-0.4, -0.2) is 17.2 Å². The van der Waals surface area contributed by atoms with Crippen LogP contribution in [0.3, 0.4) is 0 Å². The van der Waals surface area contributed by atoms with Gasteiger partial charge in [0.05, 0.1) is 11.2 Å². The minimum absolute atomic E-state index is 0.166. The maximum absolute atomic E-state index is 12.6. The van der Waals surface area contributed by atoms with Crippen LogP contribution in [0.25, 0.3) is 5.52 Å². The number of imidazole rings is 1. The van der Waals surface area contributed by atoms with Crippen LogP contribution in [0.4, 0.5) is 8.78 Å². The van der Waals surface area contributed by atoms with E-state index < -0.39 is 6.43 Å². The van der Waals surface area contributed by atoms with Gasteiger partial charge in [0.2, 0.25) is 0 Å². The molecule has 2 rings (SSSR count). The summed E-state index contributed by atoms with van der Waals surface area (Å²) >= 11 is 0. The molecule has 2 N–H and O–H groups in total. The van der Waals surface area contributed by atoms with Gasteiger partial charge in [-0.05, 0) is 6.07 Å². The lowest BCUT2D eigenvalue weighted by Crippen LogP contribution is -2.05. The molecule has 0 aromatic carbocycles. The van der Waals surface area contributed by atoms with E-state index in [0.29, 0.717) is 11.2 Å². The number of hydrogen-bond acceptors (Lipinski definition) is 2. The number of halogens is 2. The van der Waals surface area contributed by atoms with Gasteiger partial charge in [0.1, 0.15) is 7.85 Å². The van der Waals surface area contributed by atoms with Crippen LogP contribution in [0.5, 0.6) is 0 Å². The molecule has 2 aromatic heterocycles. The molecular formula is C9H10BF2N3. The quantitative estimate of drug-likeness (QED) is 0.706. The Hall–Kier alpha value is -1.43. The molecule has 0 saturated heterocycles. The van der Waals surface area contributed by atoms with E-state index in [-0.39, 0.29) is 12.4 Å². The third-order valence-electron chi connectivity index (χ3n) is 2.29. The Bertz CT molecular complexity index is 495. The largest absolute Gasteiger partial charge is 0.325 e. The zero-order chi connectivity index (χ0) is 11.0. The minimum atomic E-state index is -2.58. The molecule has 0 saturated carbocycles. The number of fused-ring (bicyclic) bond motifs is 1. The number of nitrogens with zero attached hydrogens (tertiary/aromatic N) is 2. The highest BCUT2D eigenvalue weighted by molar-refractivity contribution is 6.32. The van der Waals surface area contributed by atoms with Crippen molar-refractivity contribution in [2.24, 2.45) is 5.73 Å². The zero-order valence-electron chi connectivity index (χ0n) is 8.24. The predicted octanol–water partition coefficient (Wildman–Crippen LogP) is -0.0110. The number of nitrogens with two attached hydrogens (primary N) is 1. The number of alkyl halides is 2. The van der Waals surface area contributed by atoms with Gasteiger partial charge in [-0.25, -0.2) is 13.8 Å². The third-order valence-corrected chi connectivity index (χ3v) is 2.29. The summed E-state index contributed by atoms with van der Waals surface area (Å²) in [6, 6.07) is 3.57. The summed E-state index contributed by atoms with van der Waals surface area (Å²) in [5, 5.41) is 0. The Balaban J connectivity index is 2.75. The van der Waals surface area contributed by atoms with E-state index in [1.54, 1.807) is 18.3 Å². The first-order valence-corrected chi connectivity index (χ1v) is 4.59. The lowest BCUT2D eigenvalue weighted by Gasteiger charge is -2.00. The second-order valence-electron chi connectivity index (χ2n) is 3.38. The molecule has 0 bridgehead atoms. The van der Waals surface area contributed by atoms with E-state index in [2.05, 4.69) is 4.98 Å².